The van der Waals surface area contributed by atoms with Gasteiger partial charge in [0.05, 0.1) is 5.56 Å². The van der Waals surface area contributed by atoms with E-state index in [0.29, 0.717) is 50.2 Å². The number of carbonyl (C=O) groups is 1. The lowest BCUT2D eigenvalue weighted by molar-refractivity contribution is -0.138. The monoisotopic (exact) mass is 379 g/mol. The minimum absolute atomic E-state index is 0.203. The topological polar surface area (TPSA) is 58.4 Å². The Morgan fingerprint density at radius 3 is 2.70 bits per heavy atom. The van der Waals surface area contributed by atoms with Gasteiger partial charge in [-0.2, -0.15) is 13.2 Å². The van der Waals surface area contributed by atoms with Gasteiger partial charge in [-0.1, -0.05) is 23.4 Å². The van der Waals surface area contributed by atoms with Gasteiger partial charge in [0.1, 0.15) is 5.76 Å². The van der Waals surface area contributed by atoms with Crippen molar-refractivity contribution in [2.45, 2.75) is 37.9 Å². The highest BCUT2D eigenvalue weighted by molar-refractivity contribution is 5.94. The first-order valence-electron chi connectivity index (χ1n) is 9.08. The van der Waals surface area contributed by atoms with E-state index >= 15 is 0 Å². The van der Waals surface area contributed by atoms with E-state index in [4.69, 9.17) is 4.52 Å². The van der Waals surface area contributed by atoms with Crippen LogP contribution in [0.1, 0.15) is 51.7 Å². The summed E-state index contributed by atoms with van der Waals surface area (Å²) < 4.78 is 45.1. The summed E-state index contributed by atoms with van der Waals surface area (Å²) in [7, 11) is 0. The molecule has 1 saturated heterocycles. The zero-order valence-corrected chi connectivity index (χ0v) is 14.7. The largest absolute Gasteiger partial charge is 0.416 e. The van der Waals surface area contributed by atoms with Crippen molar-refractivity contribution in [1.29, 1.82) is 0 Å². The van der Waals surface area contributed by atoms with Crippen LogP contribution in [-0.2, 0) is 19.1 Å². The molecular weight excluding hydrogens is 359 g/mol. The molecule has 3 heterocycles. The van der Waals surface area contributed by atoms with E-state index in [1.807, 2.05) is 0 Å². The Morgan fingerprint density at radius 1 is 1.22 bits per heavy atom. The first-order valence-corrected chi connectivity index (χ1v) is 9.08. The van der Waals surface area contributed by atoms with E-state index < -0.39 is 11.7 Å². The minimum Gasteiger partial charge on any atom is -0.360 e. The molecule has 144 valence electrons. The Labute approximate surface area is 154 Å². The zero-order chi connectivity index (χ0) is 19.0. The summed E-state index contributed by atoms with van der Waals surface area (Å²) in [5, 5.41) is 7.14. The number of hydrogen-bond acceptors (Lipinski definition) is 4. The van der Waals surface area contributed by atoms with Crippen LogP contribution in [-0.4, -0.2) is 35.6 Å². The predicted molar refractivity (Wildman–Crippen MR) is 91.2 cm³/mol. The molecule has 1 fully saturated rings. The maximum Gasteiger partial charge on any atom is 0.416 e. The molecule has 1 aromatic carbocycles. The number of nitrogens with zero attached hydrogens (tertiary/aromatic N) is 2. The molecule has 0 bridgehead atoms. The van der Waals surface area contributed by atoms with Crippen LogP contribution in [0.4, 0.5) is 13.2 Å². The van der Waals surface area contributed by atoms with Gasteiger partial charge in [0.2, 0.25) is 0 Å². The highest BCUT2D eigenvalue weighted by Gasteiger charge is 2.36. The molecule has 0 atom stereocenters. The van der Waals surface area contributed by atoms with Crippen LogP contribution in [0.2, 0.25) is 0 Å². The molecule has 2 aliphatic rings. The molecule has 2 aromatic rings. The molecule has 0 aliphatic carbocycles. The van der Waals surface area contributed by atoms with Crippen LogP contribution >= 0.6 is 0 Å². The van der Waals surface area contributed by atoms with Crippen LogP contribution in [0, 0.1) is 0 Å². The Bertz CT molecular complexity index is 839. The molecule has 0 radical (unpaired) electrons. The lowest BCUT2D eigenvalue weighted by Gasteiger charge is -2.33. The average molecular weight is 379 g/mol. The van der Waals surface area contributed by atoms with Gasteiger partial charge >= 0.3 is 6.18 Å². The number of alkyl halides is 3. The molecule has 1 aromatic heterocycles. The molecule has 0 spiro atoms. The molecule has 5 nitrogen and oxygen atoms in total. The van der Waals surface area contributed by atoms with Gasteiger partial charge in [-0.25, -0.2) is 0 Å². The maximum absolute atomic E-state index is 13.3. The summed E-state index contributed by atoms with van der Waals surface area (Å²) in [5.74, 6) is 0.331. The Kier molecular flexibility index (Phi) is 4.67. The predicted octanol–water partition coefficient (Wildman–Crippen LogP) is 3.36. The van der Waals surface area contributed by atoms with Gasteiger partial charge in [-0.3, -0.25) is 4.79 Å². The number of nitrogens with one attached hydrogen (secondary N) is 1. The second-order valence-corrected chi connectivity index (χ2v) is 7.01. The van der Waals surface area contributed by atoms with Gasteiger partial charge in [0, 0.05) is 38.2 Å². The van der Waals surface area contributed by atoms with Crippen LogP contribution in [0.5, 0.6) is 0 Å². The number of hydrogen-bond donors (Lipinski definition) is 1. The Hall–Kier alpha value is -2.35. The average Bonchev–Trinajstić information content (AvgIpc) is 3.11. The highest BCUT2D eigenvalue weighted by Crippen LogP contribution is 2.38. The van der Waals surface area contributed by atoms with Gasteiger partial charge in [-0.05, 0) is 30.4 Å². The third-order valence-electron chi connectivity index (χ3n) is 5.39. The number of likely N-dealkylation sites (tertiary alicyclic amines) is 1. The molecule has 0 unspecified atom stereocenters. The molecule has 4 rings (SSSR count). The lowest BCUT2D eigenvalue weighted by atomic mass is 9.86. The lowest BCUT2D eigenvalue weighted by Crippen LogP contribution is -2.39. The van der Waals surface area contributed by atoms with Crippen molar-refractivity contribution in [1.82, 2.24) is 15.4 Å². The summed E-state index contributed by atoms with van der Waals surface area (Å²) in [4.78, 5) is 14.5. The Morgan fingerprint density at radius 2 is 1.96 bits per heavy atom. The fourth-order valence-electron chi connectivity index (χ4n) is 3.96. The summed E-state index contributed by atoms with van der Waals surface area (Å²) >= 11 is 0. The molecule has 2 aliphatic heterocycles. The van der Waals surface area contributed by atoms with Gasteiger partial charge in [-0.15, -0.1) is 0 Å². The van der Waals surface area contributed by atoms with Crippen LogP contribution in [0.25, 0.3) is 0 Å². The fraction of sp³-hybridized carbons (Fsp3) is 0.474. The highest BCUT2D eigenvalue weighted by atomic mass is 19.4. The van der Waals surface area contributed by atoms with Crippen LogP contribution in [0.3, 0.4) is 0 Å². The molecular formula is C19H20F3N3O2. The second kappa shape index (κ2) is 6.99. The zero-order valence-electron chi connectivity index (χ0n) is 14.7. The number of benzene rings is 1. The normalized spacial score (nSPS) is 18.4. The van der Waals surface area contributed by atoms with Gasteiger partial charge in [0.15, 0.2) is 5.69 Å². The Balaban J connectivity index is 1.47. The van der Waals surface area contributed by atoms with Crippen molar-refractivity contribution in [3.63, 3.8) is 0 Å². The van der Waals surface area contributed by atoms with Crippen molar-refractivity contribution < 1.29 is 22.5 Å². The summed E-state index contributed by atoms with van der Waals surface area (Å²) in [6.07, 6.45) is -2.67. The molecule has 1 amide bonds. The van der Waals surface area contributed by atoms with Gasteiger partial charge < -0.3 is 14.7 Å². The number of carbonyl (C=O) groups excluding carboxylic acids is 1. The summed E-state index contributed by atoms with van der Waals surface area (Å²) in [6.45, 7) is 2.16. The van der Waals surface area contributed by atoms with Crippen molar-refractivity contribution in [3.05, 3.63) is 52.4 Å². The first kappa shape index (κ1) is 18.0. The number of halogens is 3. The number of aromatic nitrogens is 1. The smallest absolute Gasteiger partial charge is 0.360 e. The van der Waals surface area contributed by atoms with Crippen LogP contribution in [0.15, 0.2) is 28.8 Å². The van der Waals surface area contributed by atoms with E-state index in [2.05, 4.69) is 10.5 Å². The number of rotatable bonds is 2. The van der Waals surface area contributed by atoms with E-state index in [1.54, 1.807) is 17.0 Å². The standard InChI is InChI=1S/C19H20F3N3O2/c20-19(21,22)15-4-2-1-3-13(15)12-6-9-25(10-7-12)18(26)17-14-11-23-8-5-16(14)27-24-17/h1-4,12,23H,5-11H2. The number of piperidine rings is 1. The number of fused-ring (bicyclic) bond motifs is 1. The van der Waals surface area contributed by atoms with E-state index in [-0.39, 0.29) is 11.8 Å². The van der Waals surface area contributed by atoms with E-state index in [9.17, 15) is 18.0 Å². The van der Waals surface area contributed by atoms with Crippen molar-refractivity contribution in [2.24, 2.45) is 0 Å². The first-order chi connectivity index (χ1) is 12.9. The van der Waals surface area contributed by atoms with Crippen molar-refractivity contribution >= 4 is 5.91 Å². The van der Waals surface area contributed by atoms with E-state index in [0.717, 1.165) is 23.9 Å². The minimum atomic E-state index is -4.36. The molecule has 1 N–H and O–H groups in total. The maximum atomic E-state index is 13.3. The quantitative estimate of drug-likeness (QED) is 0.869. The molecule has 8 heteroatoms. The van der Waals surface area contributed by atoms with Crippen LogP contribution < -0.4 is 5.32 Å². The summed E-state index contributed by atoms with van der Waals surface area (Å²) in [6, 6.07) is 5.72. The SMILES string of the molecule is O=C(c1noc2c1CNCC2)N1CCC(c2ccccc2C(F)(F)F)CC1. The third kappa shape index (κ3) is 3.45. The summed E-state index contributed by atoms with van der Waals surface area (Å²) in [5.41, 5.74) is 0.869. The molecule has 27 heavy (non-hydrogen) atoms. The van der Waals surface area contributed by atoms with E-state index in [1.165, 1.54) is 6.07 Å². The van der Waals surface area contributed by atoms with Gasteiger partial charge in [0.25, 0.3) is 5.91 Å². The number of amides is 1. The molecule has 0 saturated carbocycles. The van der Waals surface area contributed by atoms with Crippen molar-refractivity contribution in [3.8, 4) is 0 Å². The fourth-order valence-corrected chi connectivity index (χ4v) is 3.96. The second-order valence-electron chi connectivity index (χ2n) is 7.01. The van der Waals surface area contributed by atoms with Crippen molar-refractivity contribution in [2.75, 3.05) is 19.6 Å². The third-order valence-corrected chi connectivity index (χ3v) is 5.39.